The van der Waals surface area contributed by atoms with Crippen LogP contribution in [0.15, 0.2) is 42.5 Å². The van der Waals surface area contributed by atoms with E-state index in [9.17, 15) is 9.59 Å². The molecule has 0 spiro atoms. The fraction of sp³-hybridized carbons (Fsp3) is 0.300. The maximum Gasteiger partial charge on any atom is 0.319 e. The summed E-state index contributed by atoms with van der Waals surface area (Å²) in [6.07, 6.45) is 0.280. The average Bonchev–Trinajstić information content (AvgIpc) is 3.02. The number of nitrogens with one attached hydrogen (secondary N) is 2. The van der Waals surface area contributed by atoms with E-state index in [1.165, 1.54) is 0 Å². The second kappa shape index (κ2) is 7.19. The molecule has 0 aromatic heterocycles. The lowest BCUT2D eigenvalue weighted by molar-refractivity contribution is -0.117. The number of carbonyl (C=O) groups is 2. The summed E-state index contributed by atoms with van der Waals surface area (Å²) >= 11 is 0. The molecule has 0 unspecified atom stereocenters. The lowest BCUT2D eigenvalue weighted by atomic mass is 10.2. The van der Waals surface area contributed by atoms with Crippen molar-refractivity contribution >= 4 is 23.3 Å². The van der Waals surface area contributed by atoms with Crippen LogP contribution in [0.1, 0.15) is 12.0 Å². The molecular weight excluding hydrogens is 346 g/mol. The molecule has 0 radical (unpaired) electrons. The van der Waals surface area contributed by atoms with Crippen LogP contribution in [0.25, 0.3) is 0 Å². The summed E-state index contributed by atoms with van der Waals surface area (Å²) in [7, 11) is 0. The topological polar surface area (TPSA) is 79.9 Å². The Morgan fingerprint density at radius 3 is 2.59 bits per heavy atom. The predicted octanol–water partition coefficient (Wildman–Crippen LogP) is 2.69. The molecule has 1 saturated heterocycles. The number of fused-ring (bicyclic) bond motifs is 1. The smallest absolute Gasteiger partial charge is 0.319 e. The van der Waals surface area contributed by atoms with Crippen LogP contribution in [-0.4, -0.2) is 37.7 Å². The van der Waals surface area contributed by atoms with Crippen LogP contribution in [0.2, 0.25) is 0 Å². The van der Waals surface area contributed by atoms with Crippen molar-refractivity contribution < 1.29 is 19.1 Å². The third-order valence-electron chi connectivity index (χ3n) is 4.61. The van der Waals surface area contributed by atoms with Gasteiger partial charge in [0.2, 0.25) is 5.91 Å². The van der Waals surface area contributed by atoms with Gasteiger partial charge in [0.25, 0.3) is 0 Å². The van der Waals surface area contributed by atoms with Crippen LogP contribution in [0.4, 0.5) is 16.2 Å². The molecule has 1 atom stereocenters. The Hall–Kier alpha value is -3.22. The fourth-order valence-electron chi connectivity index (χ4n) is 3.25. The highest BCUT2D eigenvalue weighted by atomic mass is 16.6. The Morgan fingerprint density at radius 2 is 1.81 bits per heavy atom. The minimum atomic E-state index is -0.352. The highest BCUT2D eigenvalue weighted by molar-refractivity contribution is 5.97. The number of urea groups is 1. The molecule has 2 heterocycles. The zero-order chi connectivity index (χ0) is 18.8. The van der Waals surface area contributed by atoms with Gasteiger partial charge in [-0.25, -0.2) is 4.79 Å². The second-order valence-corrected chi connectivity index (χ2v) is 6.70. The maximum atomic E-state index is 12.3. The highest BCUT2D eigenvalue weighted by Crippen LogP contribution is 2.32. The summed E-state index contributed by atoms with van der Waals surface area (Å²) < 4.78 is 11.0. The molecular formula is C20H21N3O4. The van der Waals surface area contributed by atoms with E-state index in [0.29, 0.717) is 36.9 Å². The molecule has 4 rings (SSSR count). The maximum absolute atomic E-state index is 12.3. The summed E-state index contributed by atoms with van der Waals surface area (Å²) in [4.78, 5) is 26.3. The van der Waals surface area contributed by atoms with Crippen LogP contribution in [0.5, 0.6) is 11.5 Å². The van der Waals surface area contributed by atoms with Crippen molar-refractivity contribution in [3.63, 3.8) is 0 Å². The Bertz CT molecular complexity index is 866. The van der Waals surface area contributed by atoms with Gasteiger partial charge < -0.3 is 25.0 Å². The first-order valence-corrected chi connectivity index (χ1v) is 8.93. The Labute approximate surface area is 157 Å². The van der Waals surface area contributed by atoms with Crippen molar-refractivity contribution in [2.24, 2.45) is 0 Å². The first kappa shape index (κ1) is 17.2. The summed E-state index contributed by atoms with van der Waals surface area (Å²) in [6.45, 7) is 3.47. The normalized spacial score (nSPS) is 18.3. The number of aryl methyl sites for hydroxylation is 1. The zero-order valence-electron chi connectivity index (χ0n) is 15.0. The van der Waals surface area contributed by atoms with E-state index in [-0.39, 0.29) is 24.4 Å². The van der Waals surface area contributed by atoms with Gasteiger partial charge >= 0.3 is 6.03 Å². The fourth-order valence-corrected chi connectivity index (χ4v) is 3.25. The third-order valence-corrected chi connectivity index (χ3v) is 4.61. The zero-order valence-corrected chi connectivity index (χ0v) is 15.0. The molecule has 2 aromatic carbocycles. The van der Waals surface area contributed by atoms with E-state index in [4.69, 9.17) is 9.47 Å². The molecule has 2 aromatic rings. The number of nitrogens with zero attached hydrogens (tertiary/aromatic N) is 1. The molecule has 0 bridgehead atoms. The molecule has 7 heteroatoms. The molecule has 3 amide bonds. The SMILES string of the molecule is Cc1ccc(N2C[C@@H](NC(=O)Nc3ccc4c(c3)OCCO4)CC2=O)cc1. The summed E-state index contributed by atoms with van der Waals surface area (Å²) in [5.41, 5.74) is 2.59. The van der Waals surface area contributed by atoms with E-state index in [2.05, 4.69) is 10.6 Å². The van der Waals surface area contributed by atoms with Gasteiger partial charge in [-0.3, -0.25) is 4.79 Å². The molecule has 0 saturated carbocycles. The van der Waals surface area contributed by atoms with Gasteiger partial charge in [-0.05, 0) is 31.2 Å². The van der Waals surface area contributed by atoms with Crippen LogP contribution in [0, 0.1) is 6.92 Å². The first-order chi connectivity index (χ1) is 13.1. The van der Waals surface area contributed by atoms with Gasteiger partial charge in [-0.2, -0.15) is 0 Å². The quantitative estimate of drug-likeness (QED) is 0.874. The van der Waals surface area contributed by atoms with Gasteiger partial charge in [0, 0.05) is 30.4 Å². The number of carbonyl (C=O) groups excluding carboxylic acids is 2. The van der Waals surface area contributed by atoms with Gasteiger partial charge in [-0.15, -0.1) is 0 Å². The molecule has 2 N–H and O–H groups in total. The standard InChI is InChI=1S/C20H21N3O4/c1-13-2-5-16(6-3-13)23-12-15(11-19(23)24)22-20(25)21-14-4-7-17-18(10-14)27-9-8-26-17/h2-7,10,15H,8-9,11-12H2,1H3,(H2,21,22,25)/t15-/m0/s1. The largest absolute Gasteiger partial charge is 0.486 e. The van der Waals surface area contributed by atoms with Gasteiger partial charge in [0.15, 0.2) is 11.5 Å². The molecule has 1 fully saturated rings. The average molecular weight is 367 g/mol. The molecule has 27 heavy (non-hydrogen) atoms. The lowest BCUT2D eigenvalue weighted by Crippen LogP contribution is -2.39. The van der Waals surface area contributed by atoms with E-state index < -0.39 is 0 Å². The van der Waals surface area contributed by atoms with E-state index in [0.717, 1.165) is 11.3 Å². The number of hydrogen-bond donors (Lipinski definition) is 2. The number of hydrogen-bond acceptors (Lipinski definition) is 4. The van der Waals surface area contributed by atoms with Crippen LogP contribution < -0.4 is 25.0 Å². The van der Waals surface area contributed by atoms with Crippen LogP contribution in [-0.2, 0) is 4.79 Å². The predicted molar refractivity (Wildman–Crippen MR) is 102 cm³/mol. The molecule has 0 aliphatic carbocycles. The highest BCUT2D eigenvalue weighted by Gasteiger charge is 2.31. The number of benzene rings is 2. The van der Waals surface area contributed by atoms with Crippen molar-refractivity contribution in [1.82, 2.24) is 5.32 Å². The molecule has 2 aliphatic heterocycles. The van der Waals surface area contributed by atoms with Crippen molar-refractivity contribution in [3.05, 3.63) is 48.0 Å². The minimum Gasteiger partial charge on any atom is -0.486 e. The van der Waals surface area contributed by atoms with Gasteiger partial charge in [0.05, 0.1) is 6.04 Å². The number of amides is 3. The summed E-state index contributed by atoms with van der Waals surface area (Å²) in [5.74, 6) is 1.28. The summed E-state index contributed by atoms with van der Waals surface area (Å²) in [5, 5.41) is 5.64. The molecule has 7 nitrogen and oxygen atoms in total. The van der Waals surface area contributed by atoms with E-state index >= 15 is 0 Å². The molecule has 2 aliphatic rings. The lowest BCUT2D eigenvalue weighted by Gasteiger charge is -2.19. The van der Waals surface area contributed by atoms with Crippen LogP contribution >= 0.6 is 0 Å². The van der Waals surface area contributed by atoms with Crippen molar-refractivity contribution in [2.75, 3.05) is 30.0 Å². The van der Waals surface area contributed by atoms with E-state index in [1.54, 1.807) is 23.1 Å². The Kier molecular flexibility index (Phi) is 4.58. The summed E-state index contributed by atoms with van der Waals surface area (Å²) in [6, 6.07) is 12.4. The van der Waals surface area contributed by atoms with Gasteiger partial charge in [-0.1, -0.05) is 17.7 Å². The first-order valence-electron chi connectivity index (χ1n) is 8.93. The number of anilines is 2. The van der Waals surface area contributed by atoms with Crippen molar-refractivity contribution in [3.8, 4) is 11.5 Å². The number of ether oxygens (including phenoxy) is 2. The minimum absolute atomic E-state index is 0.00322. The second-order valence-electron chi connectivity index (χ2n) is 6.70. The van der Waals surface area contributed by atoms with Gasteiger partial charge in [0.1, 0.15) is 13.2 Å². The monoisotopic (exact) mass is 367 g/mol. The van der Waals surface area contributed by atoms with E-state index in [1.807, 2.05) is 31.2 Å². The van der Waals surface area contributed by atoms with Crippen molar-refractivity contribution in [2.45, 2.75) is 19.4 Å². The third kappa shape index (κ3) is 3.81. The number of rotatable bonds is 3. The Morgan fingerprint density at radius 1 is 1.07 bits per heavy atom. The van der Waals surface area contributed by atoms with Crippen molar-refractivity contribution in [1.29, 1.82) is 0 Å². The van der Waals surface area contributed by atoms with Crippen LogP contribution in [0.3, 0.4) is 0 Å². The Balaban J connectivity index is 1.36. The molecule has 140 valence electrons.